The molecule has 4 heteroatoms. The number of aromatic hydroxyl groups is 1. The number of para-hydroxylation sites is 1. The monoisotopic (exact) mass is 982 g/mol. The summed E-state index contributed by atoms with van der Waals surface area (Å²) in [7, 11) is 0. The van der Waals surface area contributed by atoms with Gasteiger partial charge in [-0.2, -0.15) is 0 Å². The van der Waals surface area contributed by atoms with E-state index in [1.54, 1.807) is 0 Å². The van der Waals surface area contributed by atoms with Crippen molar-refractivity contribution in [3.05, 3.63) is 216 Å². The minimum Gasteiger partial charge on any atom is -0.507 e. The van der Waals surface area contributed by atoms with Crippen LogP contribution < -0.4 is 0 Å². The average Bonchev–Trinajstić information content (AvgIpc) is 3.77. The zero-order valence-corrected chi connectivity index (χ0v) is 46.2. The Hall–Kier alpha value is -7.82. The number of nitrogens with zero attached hydrogens (tertiary/aromatic N) is 3. The molecule has 8 aromatic carbocycles. The third-order valence-corrected chi connectivity index (χ3v) is 14.9. The minimum atomic E-state index is -0.341. The summed E-state index contributed by atoms with van der Waals surface area (Å²) in [5.74, 6) is 0.940. The van der Waals surface area contributed by atoms with Crippen molar-refractivity contribution in [1.82, 2.24) is 14.5 Å². The highest BCUT2D eigenvalue weighted by atomic mass is 16.3. The molecule has 2 aromatic heterocycles. The Morgan fingerprint density at radius 3 is 1.63 bits per heavy atom. The molecule has 0 spiro atoms. The fraction of sp³-hybridized carbons (Fsp3) is 0.239. The average molecular weight is 982 g/mol. The lowest BCUT2D eigenvalue weighted by molar-refractivity contribution is 0.446. The van der Waals surface area contributed by atoms with Crippen molar-refractivity contribution >= 4 is 11.0 Å². The van der Waals surface area contributed by atoms with Gasteiger partial charge in [0.2, 0.25) is 0 Å². The molecule has 0 aliphatic rings. The molecule has 0 bridgehead atoms. The number of rotatable bonds is 8. The molecule has 0 amide bonds. The largest absolute Gasteiger partial charge is 0.507 e. The van der Waals surface area contributed by atoms with Crippen LogP contribution >= 0.6 is 0 Å². The first-order chi connectivity index (χ1) is 35.5. The molecule has 0 saturated carbocycles. The fourth-order valence-corrected chi connectivity index (χ4v) is 10.6. The van der Waals surface area contributed by atoms with Gasteiger partial charge in [0.25, 0.3) is 0 Å². The Balaban J connectivity index is 1.22. The van der Waals surface area contributed by atoms with Gasteiger partial charge < -0.3 is 5.11 Å². The SMILES string of the molecule is Cc1cc(-c2c(-c3ccccc3)cccc2C(C)(C)C)ccc1-n1c(-c2cc(C(C)(C)C)cc(C(C)(C)C)c2O)nc2c(-c3cc(-c4ccccc4)cc(-c4cc(-c5ccc(C(C)(C)C)cc5)ccn4)c3)cccc21. The normalized spacial score (nSPS) is 12.4. The maximum Gasteiger partial charge on any atom is 0.149 e. The van der Waals surface area contributed by atoms with Gasteiger partial charge in [0.05, 0.1) is 28.0 Å². The Morgan fingerprint density at radius 1 is 0.400 bits per heavy atom. The van der Waals surface area contributed by atoms with E-state index in [-0.39, 0.29) is 27.4 Å². The number of phenols is 1. The number of aromatic nitrogens is 3. The molecule has 75 heavy (non-hydrogen) atoms. The van der Waals surface area contributed by atoms with Crippen molar-refractivity contribution in [2.45, 2.75) is 112 Å². The summed E-state index contributed by atoms with van der Waals surface area (Å²) >= 11 is 0. The smallest absolute Gasteiger partial charge is 0.149 e. The first kappa shape index (κ1) is 50.7. The van der Waals surface area contributed by atoms with Crippen LogP contribution in [0.1, 0.15) is 111 Å². The van der Waals surface area contributed by atoms with Gasteiger partial charge in [-0.15, -0.1) is 0 Å². The van der Waals surface area contributed by atoms with Gasteiger partial charge in [0, 0.05) is 22.9 Å². The Labute approximate surface area is 445 Å². The molecule has 2 heterocycles. The van der Waals surface area contributed by atoms with E-state index in [0.717, 1.165) is 83.6 Å². The standard InChI is InChI=1S/C71H71N3O/c1-45-38-50(64-56(48-24-18-15-19-25-48)26-20-28-59(64)70(8,9)10)32-35-62(45)74-63-29-21-27-57(65(63)73-67(74)58-43-55(69(5,6)7)44-60(66(58)75)71(11,12)13)52-39-51(46-22-16-14-17-23-46)40-53(41-52)61-42-49(36-37-72-61)47-30-33-54(34-31-47)68(2,3)4/h14-44,75H,1-13H3. The first-order valence-corrected chi connectivity index (χ1v) is 26.5. The van der Waals surface area contributed by atoms with E-state index in [4.69, 9.17) is 9.97 Å². The lowest BCUT2D eigenvalue weighted by Crippen LogP contribution is -2.17. The Kier molecular flexibility index (Phi) is 12.9. The van der Waals surface area contributed by atoms with Gasteiger partial charge >= 0.3 is 0 Å². The molecule has 1 N–H and O–H groups in total. The number of hydrogen-bond donors (Lipinski definition) is 1. The van der Waals surface area contributed by atoms with Gasteiger partial charge in [-0.1, -0.05) is 210 Å². The van der Waals surface area contributed by atoms with Crippen molar-refractivity contribution in [1.29, 1.82) is 0 Å². The highest BCUT2D eigenvalue weighted by Crippen LogP contribution is 2.47. The van der Waals surface area contributed by atoms with Gasteiger partial charge in [0.15, 0.2) is 0 Å². The van der Waals surface area contributed by atoms with E-state index in [1.807, 2.05) is 6.20 Å². The molecule has 4 nitrogen and oxygen atoms in total. The van der Waals surface area contributed by atoms with Gasteiger partial charge in [0.1, 0.15) is 11.6 Å². The van der Waals surface area contributed by atoms with Crippen molar-refractivity contribution in [3.8, 4) is 89.7 Å². The van der Waals surface area contributed by atoms with Crippen LogP contribution in [-0.2, 0) is 21.7 Å². The highest BCUT2D eigenvalue weighted by molar-refractivity contribution is 5.98. The van der Waals surface area contributed by atoms with Gasteiger partial charge in [-0.05, 0) is 156 Å². The minimum absolute atomic E-state index is 0.0668. The van der Waals surface area contributed by atoms with Crippen molar-refractivity contribution in [2.24, 2.45) is 0 Å². The molecule has 0 radical (unpaired) electrons. The molecule has 0 saturated heterocycles. The van der Waals surface area contributed by atoms with Gasteiger partial charge in [-0.25, -0.2) is 4.98 Å². The summed E-state index contributed by atoms with van der Waals surface area (Å²) < 4.78 is 2.29. The maximum atomic E-state index is 12.7. The van der Waals surface area contributed by atoms with E-state index in [0.29, 0.717) is 11.4 Å². The predicted molar refractivity (Wildman–Crippen MR) is 318 cm³/mol. The van der Waals surface area contributed by atoms with Crippen LogP contribution in [0.15, 0.2) is 188 Å². The van der Waals surface area contributed by atoms with E-state index in [2.05, 4.69) is 277 Å². The van der Waals surface area contributed by atoms with Crippen molar-refractivity contribution < 1.29 is 5.11 Å². The van der Waals surface area contributed by atoms with Gasteiger partial charge in [-0.3, -0.25) is 9.55 Å². The number of benzene rings is 8. The molecule has 0 atom stereocenters. The number of phenolic OH excluding ortho intramolecular Hbond substituents is 1. The lowest BCUT2D eigenvalue weighted by Gasteiger charge is -2.28. The molecular formula is C71H71N3O. The van der Waals surface area contributed by atoms with Crippen LogP contribution in [0.5, 0.6) is 5.75 Å². The molecule has 10 aromatic rings. The topological polar surface area (TPSA) is 50.9 Å². The van der Waals surface area contributed by atoms with E-state index in [9.17, 15) is 5.11 Å². The zero-order chi connectivity index (χ0) is 53.2. The van der Waals surface area contributed by atoms with Crippen LogP contribution in [0, 0.1) is 6.92 Å². The van der Waals surface area contributed by atoms with Crippen LogP contribution in [0.25, 0.3) is 95.0 Å². The lowest BCUT2D eigenvalue weighted by atomic mass is 9.78. The second-order valence-corrected chi connectivity index (χ2v) is 24.6. The quantitative estimate of drug-likeness (QED) is 0.165. The molecule has 0 aliphatic heterocycles. The number of pyridine rings is 1. The van der Waals surface area contributed by atoms with Crippen molar-refractivity contribution in [3.63, 3.8) is 0 Å². The number of imidazole rings is 1. The summed E-state index contributed by atoms with van der Waals surface area (Å²) in [5, 5.41) is 12.7. The second-order valence-electron chi connectivity index (χ2n) is 24.6. The Bertz CT molecular complexity index is 3740. The summed E-state index contributed by atoms with van der Waals surface area (Å²) in [6.07, 6.45) is 1.92. The third-order valence-electron chi connectivity index (χ3n) is 14.9. The number of aryl methyl sites for hydroxylation is 1. The van der Waals surface area contributed by atoms with Crippen LogP contribution in [0.3, 0.4) is 0 Å². The summed E-state index contributed by atoms with van der Waals surface area (Å²) in [6.45, 7) is 29.1. The summed E-state index contributed by atoms with van der Waals surface area (Å²) in [6, 6.07) is 65.8. The number of fused-ring (bicyclic) bond motifs is 1. The third kappa shape index (κ3) is 9.99. The van der Waals surface area contributed by atoms with Crippen LogP contribution in [0.2, 0.25) is 0 Å². The summed E-state index contributed by atoms with van der Waals surface area (Å²) in [5.41, 5.74) is 21.8. The predicted octanol–water partition coefficient (Wildman–Crippen LogP) is 19.3. The molecule has 0 fully saturated rings. The fourth-order valence-electron chi connectivity index (χ4n) is 10.6. The Morgan fingerprint density at radius 2 is 0.987 bits per heavy atom. The molecule has 10 rings (SSSR count). The second kappa shape index (κ2) is 19.1. The van der Waals surface area contributed by atoms with Crippen LogP contribution in [-0.4, -0.2) is 19.6 Å². The maximum absolute atomic E-state index is 12.7. The first-order valence-electron chi connectivity index (χ1n) is 26.5. The van der Waals surface area contributed by atoms with E-state index in [1.165, 1.54) is 27.8 Å². The summed E-state index contributed by atoms with van der Waals surface area (Å²) in [4.78, 5) is 10.8. The number of hydrogen-bond acceptors (Lipinski definition) is 3. The van der Waals surface area contributed by atoms with E-state index >= 15 is 0 Å². The van der Waals surface area contributed by atoms with Crippen LogP contribution in [0.4, 0.5) is 0 Å². The highest BCUT2D eigenvalue weighted by Gasteiger charge is 2.30. The van der Waals surface area contributed by atoms with E-state index < -0.39 is 0 Å². The molecule has 376 valence electrons. The molecule has 0 aliphatic carbocycles. The zero-order valence-electron chi connectivity index (χ0n) is 46.2. The molecular weight excluding hydrogens is 911 g/mol. The molecule has 0 unspecified atom stereocenters. The van der Waals surface area contributed by atoms with Crippen molar-refractivity contribution in [2.75, 3.05) is 0 Å².